The van der Waals surface area contributed by atoms with Crippen LogP contribution in [0.3, 0.4) is 0 Å². The third kappa shape index (κ3) is 1.95. The Morgan fingerprint density at radius 2 is 1.65 bits per heavy atom. The highest BCUT2D eigenvalue weighted by atomic mass is 16.2. The molecule has 0 amide bonds. The Balaban J connectivity index is 2.69. The second-order valence-corrected chi connectivity index (χ2v) is 4.88. The van der Waals surface area contributed by atoms with Gasteiger partial charge in [-0.05, 0) is 32.9 Å². The molecular formula is C12H15N3O2. The van der Waals surface area contributed by atoms with Crippen LogP contribution in [0.5, 0.6) is 0 Å². The number of hydrogen-bond acceptors (Lipinski definition) is 2. The average Bonchev–Trinajstić information content (AvgIpc) is 2.54. The van der Waals surface area contributed by atoms with E-state index in [1.807, 2.05) is 39.0 Å². The molecule has 1 aromatic carbocycles. The fourth-order valence-corrected chi connectivity index (χ4v) is 1.72. The normalized spacial score (nSPS) is 11.7. The summed E-state index contributed by atoms with van der Waals surface area (Å²) in [5.41, 5.74) is -0.636. The highest BCUT2D eigenvalue weighted by Gasteiger charge is 2.21. The van der Waals surface area contributed by atoms with Crippen LogP contribution in [0.4, 0.5) is 0 Å². The van der Waals surface area contributed by atoms with E-state index in [0.717, 1.165) is 0 Å². The number of H-pyrrole nitrogens is 1. The Labute approximate surface area is 98.3 Å². The van der Waals surface area contributed by atoms with Gasteiger partial charge < -0.3 is 0 Å². The van der Waals surface area contributed by atoms with Gasteiger partial charge in [-0.1, -0.05) is 18.2 Å². The zero-order valence-electron chi connectivity index (χ0n) is 10.1. The van der Waals surface area contributed by atoms with Crippen LogP contribution in [0.1, 0.15) is 20.8 Å². The Hall–Kier alpha value is -2.04. The SMILES string of the molecule is CC(C)(C)n1c(=O)[nH]n(-c2ccccc2)c1=O. The van der Waals surface area contributed by atoms with Crippen LogP contribution in [0.15, 0.2) is 39.9 Å². The van der Waals surface area contributed by atoms with E-state index in [1.54, 1.807) is 12.1 Å². The maximum Gasteiger partial charge on any atom is 0.352 e. The number of benzene rings is 1. The fourth-order valence-electron chi connectivity index (χ4n) is 1.72. The molecule has 0 saturated carbocycles. The summed E-state index contributed by atoms with van der Waals surface area (Å²) < 4.78 is 2.47. The molecule has 0 bridgehead atoms. The molecule has 5 nitrogen and oxygen atoms in total. The summed E-state index contributed by atoms with van der Waals surface area (Å²) in [5, 5.41) is 2.55. The van der Waals surface area contributed by atoms with E-state index in [0.29, 0.717) is 5.69 Å². The van der Waals surface area contributed by atoms with Gasteiger partial charge in [0.25, 0.3) is 0 Å². The highest BCUT2D eigenvalue weighted by Crippen LogP contribution is 2.08. The first kappa shape index (κ1) is 11.4. The van der Waals surface area contributed by atoms with E-state index >= 15 is 0 Å². The van der Waals surface area contributed by atoms with E-state index in [1.165, 1.54) is 9.25 Å². The minimum absolute atomic E-state index is 0.353. The zero-order chi connectivity index (χ0) is 12.6. The van der Waals surface area contributed by atoms with Crippen molar-refractivity contribution in [1.82, 2.24) is 14.3 Å². The van der Waals surface area contributed by atoms with Gasteiger partial charge in [-0.2, -0.15) is 0 Å². The molecular weight excluding hydrogens is 218 g/mol. The van der Waals surface area contributed by atoms with Gasteiger partial charge in [-0.15, -0.1) is 0 Å². The van der Waals surface area contributed by atoms with Crippen molar-refractivity contribution >= 4 is 0 Å². The average molecular weight is 233 g/mol. The van der Waals surface area contributed by atoms with Crippen molar-refractivity contribution in [3.63, 3.8) is 0 Å². The molecule has 0 atom stereocenters. The summed E-state index contributed by atoms with van der Waals surface area (Å²) in [6.07, 6.45) is 0. The van der Waals surface area contributed by atoms with Gasteiger partial charge in [0.2, 0.25) is 0 Å². The molecule has 2 aromatic rings. The highest BCUT2D eigenvalue weighted by molar-refractivity contribution is 5.29. The first-order valence-electron chi connectivity index (χ1n) is 5.41. The van der Waals surface area contributed by atoms with Crippen LogP contribution in [-0.4, -0.2) is 14.3 Å². The summed E-state index contributed by atoms with van der Waals surface area (Å²) in [4.78, 5) is 23.9. The number of nitrogens with one attached hydrogen (secondary N) is 1. The molecule has 1 aromatic heterocycles. The number of para-hydroxylation sites is 1. The molecule has 5 heteroatoms. The molecule has 0 unspecified atom stereocenters. The molecule has 2 rings (SSSR count). The van der Waals surface area contributed by atoms with Crippen molar-refractivity contribution in [1.29, 1.82) is 0 Å². The monoisotopic (exact) mass is 233 g/mol. The van der Waals surface area contributed by atoms with Crippen LogP contribution in [0.2, 0.25) is 0 Å². The topological polar surface area (TPSA) is 59.8 Å². The van der Waals surface area contributed by atoms with E-state index in [4.69, 9.17) is 0 Å². The van der Waals surface area contributed by atoms with Crippen LogP contribution >= 0.6 is 0 Å². The molecule has 90 valence electrons. The van der Waals surface area contributed by atoms with Crippen molar-refractivity contribution in [3.05, 3.63) is 51.3 Å². The third-order valence-electron chi connectivity index (χ3n) is 2.48. The number of aromatic nitrogens is 3. The third-order valence-corrected chi connectivity index (χ3v) is 2.48. The number of nitrogens with zero attached hydrogens (tertiary/aromatic N) is 2. The van der Waals surface area contributed by atoms with Gasteiger partial charge in [-0.3, -0.25) is 0 Å². The molecule has 0 saturated heterocycles. The first-order chi connectivity index (χ1) is 7.91. The fraction of sp³-hybridized carbons (Fsp3) is 0.333. The van der Waals surface area contributed by atoms with Crippen molar-refractivity contribution < 1.29 is 0 Å². The van der Waals surface area contributed by atoms with Gasteiger partial charge in [0.1, 0.15) is 0 Å². The van der Waals surface area contributed by atoms with E-state index in [-0.39, 0.29) is 5.69 Å². The Morgan fingerprint density at radius 1 is 1.06 bits per heavy atom. The predicted molar refractivity (Wildman–Crippen MR) is 65.6 cm³/mol. The Morgan fingerprint density at radius 3 is 2.12 bits per heavy atom. The van der Waals surface area contributed by atoms with Gasteiger partial charge in [-0.25, -0.2) is 23.9 Å². The molecule has 0 aliphatic rings. The largest absolute Gasteiger partial charge is 0.352 e. The van der Waals surface area contributed by atoms with Gasteiger partial charge >= 0.3 is 11.4 Å². The molecule has 0 fully saturated rings. The summed E-state index contributed by atoms with van der Waals surface area (Å²) >= 11 is 0. The number of aromatic amines is 1. The molecule has 17 heavy (non-hydrogen) atoms. The Kier molecular flexibility index (Phi) is 2.53. The maximum absolute atomic E-state index is 12.1. The zero-order valence-corrected chi connectivity index (χ0v) is 10.1. The van der Waals surface area contributed by atoms with Crippen molar-refractivity contribution in [2.75, 3.05) is 0 Å². The van der Waals surface area contributed by atoms with Crippen molar-refractivity contribution in [2.24, 2.45) is 0 Å². The van der Waals surface area contributed by atoms with Crippen molar-refractivity contribution in [2.45, 2.75) is 26.3 Å². The smallest absolute Gasteiger partial charge is 0.246 e. The van der Waals surface area contributed by atoms with Crippen LogP contribution < -0.4 is 11.4 Å². The quantitative estimate of drug-likeness (QED) is 0.801. The number of rotatable bonds is 1. The standard InChI is InChI=1S/C12H15N3O2/c1-12(2,3)14-10(16)13-15(11(14)17)9-7-5-4-6-8-9/h4-8H,1-3H3,(H,13,16). The summed E-state index contributed by atoms with van der Waals surface area (Å²) in [5.74, 6) is 0. The van der Waals surface area contributed by atoms with Crippen LogP contribution in [-0.2, 0) is 5.54 Å². The summed E-state index contributed by atoms with van der Waals surface area (Å²) in [7, 11) is 0. The molecule has 0 spiro atoms. The summed E-state index contributed by atoms with van der Waals surface area (Å²) in [6.45, 7) is 5.46. The minimum atomic E-state index is -0.537. The lowest BCUT2D eigenvalue weighted by Crippen LogP contribution is -2.40. The Bertz CT molecular complexity index is 626. The lowest BCUT2D eigenvalue weighted by Gasteiger charge is -2.17. The van der Waals surface area contributed by atoms with Crippen LogP contribution in [0.25, 0.3) is 5.69 Å². The van der Waals surface area contributed by atoms with E-state index < -0.39 is 11.2 Å². The first-order valence-corrected chi connectivity index (χ1v) is 5.41. The molecule has 1 N–H and O–H groups in total. The molecule has 0 aliphatic heterocycles. The van der Waals surface area contributed by atoms with Crippen LogP contribution in [0, 0.1) is 0 Å². The molecule has 1 heterocycles. The second kappa shape index (κ2) is 3.76. The van der Waals surface area contributed by atoms with Gasteiger partial charge in [0.15, 0.2) is 0 Å². The van der Waals surface area contributed by atoms with E-state index in [2.05, 4.69) is 5.10 Å². The van der Waals surface area contributed by atoms with Gasteiger partial charge in [0, 0.05) is 5.54 Å². The minimum Gasteiger partial charge on any atom is -0.246 e. The number of hydrogen-bond donors (Lipinski definition) is 1. The van der Waals surface area contributed by atoms with E-state index in [9.17, 15) is 9.59 Å². The maximum atomic E-state index is 12.1. The second-order valence-electron chi connectivity index (χ2n) is 4.88. The molecule has 0 radical (unpaired) electrons. The van der Waals surface area contributed by atoms with Gasteiger partial charge in [0.05, 0.1) is 5.69 Å². The van der Waals surface area contributed by atoms with Crippen molar-refractivity contribution in [3.8, 4) is 5.69 Å². The molecule has 0 aliphatic carbocycles. The summed E-state index contributed by atoms with van der Waals surface area (Å²) in [6, 6.07) is 9.02. The predicted octanol–water partition coefficient (Wildman–Crippen LogP) is 1.08. The lowest BCUT2D eigenvalue weighted by molar-refractivity contribution is 0.373. The lowest BCUT2D eigenvalue weighted by atomic mass is 10.1.